The Morgan fingerprint density at radius 3 is 1.60 bits per heavy atom. The molecule has 0 aromatic heterocycles. The number of fused-ring (bicyclic) bond motifs is 3. The standard InChI is InChI=1S/C13H10.CH2O/c1-3-7-12-10(5-1)9-11-6-2-4-8-13(11)12;1-2/h1-8H,9H2;1H2. The monoisotopic (exact) mass is 196 g/mol. The second-order valence-corrected chi connectivity index (χ2v) is 3.49. The van der Waals surface area contributed by atoms with Crippen LogP contribution >= 0.6 is 0 Å². The lowest BCUT2D eigenvalue weighted by molar-refractivity contribution is -0.0979. The summed E-state index contributed by atoms with van der Waals surface area (Å²) in [5.74, 6) is 0. The Morgan fingerprint density at radius 2 is 1.13 bits per heavy atom. The number of hydrogen-bond acceptors (Lipinski definition) is 1. The topological polar surface area (TPSA) is 17.1 Å². The molecule has 15 heavy (non-hydrogen) atoms. The number of carbonyl (C=O) groups is 1. The molecule has 2 aromatic rings. The molecule has 1 heteroatoms. The van der Waals surface area contributed by atoms with Crippen molar-refractivity contribution in [2.24, 2.45) is 0 Å². The highest BCUT2D eigenvalue weighted by atomic mass is 16.1. The Kier molecular flexibility index (Phi) is 2.64. The van der Waals surface area contributed by atoms with Crippen molar-refractivity contribution in [1.82, 2.24) is 0 Å². The molecule has 0 fully saturated rings. The summed E-state index contributed by atoms with van der Waals surface area (Å²) in [4.78, 5) is 8.00. The van der Waals surface area contributed by atoms with Gasteiger partial charge in [0.15, 0.2) is 0 Å². The van der Waals surface area contributed by atoms with Crippen LogP contribution in [-0.2, 0) is 11.2 Å². The van der Waals surface area contributed by atoms with Gasteiger partial charge in [-0.2, -0.15) is 0 Å². The third-order valence-corrected chi connectivity index (χ3v) is 2.71. The Labute approximate surface area is 89.4 Å². The molecule has 2 aromatic carbocycles. The fraction of sp³-hybridized carbons (Fsp3) is 0.0714. The molecular weight excluding hydrogens is 184 g/mol. The van der Waals surface area contributed by atoms with Crippen molar-refractivity contribution in [3.63, 3.8) is 0 Å². The Hall–Kier alpha value is -1.89. The first-order valence-electron chi connectivity index (χ1n) is 4.90. The Bertz CT molecular complexity index is 431. The van der Waals surface area contributed by atoms with E-state index in [0.717, 1.165) is 6.42 Å². The largest absolute Gasteiger partial charge is 0.307 e. The van der Waals surface area contributed by atoms with E-state index in [0.29, 0.717) is 0 Å². The first-order chi connectivity index (χ1) is 7.45. The van der Waals surface area contributed by atoms with Crippen molar-refractivity contribution in [3.8, 4) is 11.1 Å². The van der Waals surface area contributed by atoms with Crippen molar-refractivity contribution in [3.05, 3.63) is 59.7 Å². The molecule has 1 aliphatic carbocycles. The Morgan fingerprint density at radius 1 is 0.733 bits per heavy atom. The van der Waals surface area contributed by atoms with Crippen LogP contribution in [0.25, 0.3) is 11.1 Å². The molecule has 0 unspecified atom stereocenters. The summed E-state index contributed by atoms with van der Waals surface area (Å²) in [6, 6.07) is 17.3. The van der Waals surface area contributed by atoms with E-state index in [1.165, 1.54) is 22.3 Å². The Balaban J connectivity index is 0.000000404. The van der Waals surface area contributed by atoms with Gasteiger partial charge < -0.3 is 4.79 Å². The first kappa shape index (κ1) is 9.66. The predicted octanol–water partition coefficient (Wildman–Crippen LogP) is 3.07. The van der Waals surface area contributed by atoms with Crippen LogP contribution in [0.15, 0.2) is 48.5 Å². The molecule has 0 saturated carbocycles. The minimum atomic E-state index is 1.10. The maximum atomic E-state index is 8.00. The zero-order valence-electron chi connectivity index (χ0n) is 8.44. The van der Waals surface area contributed by atoms with Crippen LogP contribution in [0.5, 0.6) is 0 Å². The van der Waals surface area contributed by atoms with Gasteiger partial charge in [0.05, 0.1) is 0 Å². The van der Waals surface area contributed by atoms with Gasteiger partial charge in [-0.15, -0.1) is 0 Å². The third kappa shape index (κ3) is 1.57. The van der Waals surface area contributed by atoms with Gasteiger partial charge in [0.2, 0.25) is 0 Å². The number of carbonyl (C=O) groups excluding carboxylic acids is 1. The van der Waals surface area contributed by atoms with Crippen LogP contribution in [0.3, 0.4) is 0 Å². The summed E-state index contributed by atoms with van der Waals surface area (Å²) in [5, 5.41) is 0. The maximum Gasteiger partial charge on any atom is 0.106 e. The summed E-state index contributed by atoms with van der Waals surface area (Å²) in [5.41, 5.74) is 5.75. The van der Waals surface area contributed by atoms with Crippen molar-refractivity contribution < 1.29 is 4.79 Å². The molecule has 0 atom stereocenters. The van der Waals surface area contributed by atoms with Crippen molar-refractivity contribution in [2.75, 3.05) is 0 Å². The lowest BCUT2D eigenvalue weighted by Crippen LogP contribution is -1.77. The smallest absolute Gasteiger partial charge is 0.106 e. The van der Waals surface area contributed by atoms with E-state index in [1.807, 2.05) is 6.79 Å². The number of hydrogen-bond donors (Lipinski definition) is 0. The molecule has 74 valence electrons. The highest BCUT2D eigenvalue weighted by molar-refractivity contribution is 5.76. The molecule has 0 radical (unpaired) electrons. The van der Waals surface area contributed by atoms with E-state index in [1.54, 1.807) is 0 Å². The van der Waals surface area contributed by atoms with Crippen LogP contribution in [-0.4, -0.2) is 6.79 Å². The molecule has 0 N–H and O–H groups in total. The van der Waals surface area contributed by atoms with E-state index in [2.05, 4.69) is 48.5 Å². The third-order valence-electron chi connectivity index (χ3n) is 2.71. The van der Waals surface area contributed by atoms with Gasteiger partial charge in [0, 0.05) is 0 Å². The lowest BCUT2D eigenvalue weighted by Gasteiger charge is -1.98. The summed E-state index contributed by atoms with van der Waals surface area (Å²) < 4.78 is 0. The van der Waals surface area contributed by atoms with Crippen molar-refractivity contribution in [1.29, 1.82) is 0 Å². The van der Waals surface area contributed by atoms with Crippen LogP contribution in [0, 0.1) is 0 Å². The molecule has 0 amide bonds. The molecule has 1 nitrogen and oxygen atoms in total. The summed E-state index contributed by atoms with van der Waals surface area (Å²) >= 11 is 0. The average molecular weight is 196 g/mol. The summed E-state index contributed by atoms with van der Waals surface area (Å²) in [6.07, 6.45) is 1.10. The molecule has 0 bridgehead atoms. The molecular formula is C14H12O. The SMILES string of the molecule is C=O.c1ccc2c(c1)Cc1ccccc1-2. The molecule has 0 aliphatic heterocycles. The van der Waals surface area contributed by atoms with Gasteiger partial charge in [-0.1, -0.05) is 48.5 Å². The zero-order valence-corrected chi connectivity index (χ0v) is 8.44. The van der Waals surface area contributed by atoms with Crippen molar-refractivity contribution >= 4 is 6.79 Å². The van der Waals surface area contributed by atoms with Gasteiger partial charge in [-0.3, -0.25) is 0 Å². The fourth-order valence-electron chi connectivity index (χ4n) is 2.08. The second kappa shape index (κ2) is 4.09. The highest BCUT2D eigenvalue weighted by Gasteiger charge is 2.15. The van der Waals surface area contributed by atoms with Crippen LogP contribution in [0.2, 0.25) is 0 Å². The zero-order chi connectivity index (χ0) is 10.7. The van der Waals surface area contributed by atoms with Crippen LogP contribution < -0.4 is 0 Å². The second-order valence-electron chi connectivity index (χ2n) is 3.49. The fourth-order valence-corrected chi connectivity index (χ4v) is 2.08. The molecule has 0 heterocycles. The van der Waals surface area contributed by atoms with E-state index >= 15 is 0 Å². The van der Waals surface area contributed by atoms with E-state index in [4.69, 9.17) is 4.79 Å². The average Bonchev–Trinajstić information content (AvgIpc) is 2.70. The summed E-state index contributed by atoms with van der Waals surface area (Å²) in [6.45, 7) is 2.00. The molecule has 3 rings (SSSR count). The minimum Gasteiger partial charge on any atom is -0.307 e. The number of benzene rings is 2. The van der Waals surface area contributed by atoms with Crippen LogP contribution in [0.4, 0.5) is 0 Å². The lowest BCUT2D eigenvalue weighted by atomic mass is 10.1. The molecule has 1 aliphatic rings. The van der Waals surface area contributed by atoms with Gasteiger partial charge in [-0.05, 0) is 28.7 Å². The summed E-state index contributed by atoms with van der Waals surface area (Å²) in [7, 11) is 0. The van der Waals surface area contributed by atoms with Crippen molar-refractivity contribution in [2.45, 2.75) is 6.42 Å². The maximum absolute atomic E-state index is 8.00. The molecule has 0 saturated heterocycles. The highest BCUT2D eigenvalue weighted by Crippen LogP contribution is 2.35. The molecule has 0 spiro atoms. The van der Waals surface area contributed by atoms with Gasteiger partial charge in [0.1, 0.15) is 6.79 Å². The first-order valence-corrected chi connectivity index (χ1v) is 4.90. The quantitative estimate of drug-likeness (QED) is 0.540. The number of rotatable bonds is 0. The normalized spacial score (nSPS) is 10.9. The van der Waals surface area contributed by atoms with Gasteiger partial charge in [-0.25, -0.2) is 0 Å². The van der Waals surface area contributed by atoms with E-state index in [-0.39, 0.29) is 0 Å². The van der Waals surface area contributed by atoms with Crippen LogP contribution in [0.1, 0.15) is 11.1 Å². The van der Waals surface area contributed by atoms with E-state index in [9.17, 15) is 0 Å². The minimum absolute atomic E-state index is 1.10. The predicted molar refractivity (Wildman–Crippen MR) is 61.8 cm³/mol. The van der Waals surface area contributed by atoms with E-state index < -0.39 is 0 Å². The van der Waals surface area contributed by atoms with Gasteiger partial charge >= 0.3 is 0 Å². The van der Waals surface area contributed by atoms with Gasteiger partial charge in [0.25, 0.3) is 0 Å².